The van der Waals surface area contributed by atoms with E-state index in [1.807, 2.05) is 36.9 Å². The van der Waals surface area contributed by atoms with Crippen LogP contribution in [0.1, 0.15) is 35.8 Å². The number of hydrogen-bond donors (Lipinski definition) is 0. The van der Waals surface area contributed by atoms with Crippen molar-refractivity contribution in [2.45, 2.75) is 39.3 Å². The summed E-state index contributed by atoms with van der Waals surface area (Å²) in [6.07, 6.45) is 1.97. The van der Waals surface area contributed by atoms with E-state index in [-0.39, 0.29) is 11.9 Å². The summed E-state index contributed by atoms with van der Waals surface area (Å²) in [4.78, 5) is 15.0. The Morgan fingerprint density at radius 3 is 2.48 bits per heavy atom. The van der Waals surface area contributed by atoms with Crippen molar-refractivity contribution in [3.8, 4) is 11.5 Å². The van der Waals surface area contributed by atoms with Crippen molar-refractivity contribution in [3.05, 3.63) is 47.3 Å². The molecule has 1 unspecified atom stereocenters. The van der Waals surface area contributed by atoms with Crippen molar-refractivity contribution in [3.63, 3.8) is 0 Å². The number of amides is 1. The summed E-state index contributed by atoms with van der Waals surface area (Å²) < 4.78 is 12.9. The lowest BCUT2D eigenvalue weighted by atomic mass is 10.0. The van der Waals surface area contributed by atoms with Gasteiger partial charge in [-0.2, -0.15) is 0 Å². The van der Waals surface area contributed by atoms with Crippen molar-refractivity contribution in [1.29, 1.82) is 0 Å². The van der Waals surface area contributed by atoms with E-state index in [0.29, 0.717) is 6.54 Å². The van der Waals surface area contributed by atoms with Crippen LogP contribution in [-0.4, -0.2) is 36.1 Å². The average molecular weight is 342 g/mol. The number of hydrogen-bond acceptors (Lipinski definition) is 3. The van der Waals surface area contributed by atoms with Crippen LogP contribution in [0.2, 0.25) is 0 Å². The summed E-state index contributed by atoms with van der Waals surface area (Å²) in [5, 5.41) is 0. The monoisotopic (exact) mass is 342 g/mol. The Balaban J connectivity index is 1.84. The van der Waals surface area contributed by atoms with Gasteiger partial charge in [-0.3, -0.25) is 4.79 Å². The highest BCUT2D eigenvalue weighted by atomic mass is 16.5. The van der Waals surface area contributed by atoms with Gasteiger partial charge in [-0.1, -0.05) is 0 Å². The first-order valence-corrected chi connectivity index (χ1v) is 8.69. The molecular formula is C20H26N2O3. The molecule has 0 aliphatic carbocycles. The molecule has 134 valence electrons. The third-order valence-corrected chi connectivity index (χ3v) is 5.08. The average Bonchev–Trinajstić information content (AvgIpc) is 3.23. The molecule has 1 saturated heterocycles. The molecule has 3 rings (SSSR count). The molecule has 5 nitrogen and oxygen atoms in total. The number of likely N-dealkylation sites (tertiary alicyclic amines) is 1. The zero-order valence-electron chi connectivity index (χ0n) is 15.4. The van der Waals surface area contributed by atoms with Gasteiger partial charge < -0.3 is 18.9 Å². The quantitative estimate of drug-likeness (QED) is 0.835. The first-order chi connectivity index (χ1) is 12.0. The number of benzene rings is 1. The van der Waals surface area contributed by atoms with Crippen molar-refractivity contribution in [2.75, 3.05) is 20.8 Å². The summed E-state index contributed by atoms with van der Waals surface area (Å²) in [7, 11) is 3.30. The molecular weight excluding hydrogens is 316 g/mol. The molecule has 2 heterocycles. The molecule has 0 radical (unpaired) electrons. The van der Waals surface area contributed by atoms with Crippen molar-refractivity contribution in [1.82, 2.24) is 9.47 Å². The molecule has 1 amide bonds. The lowest BCUT2D eigenvalue weighted by Gasteiger charge is -2.27. The highest BCUT2D eigenvalue weighted by Gasteiger charge is 2.32. The number of nitrogens with zero attached hydrogens (tertiary/aromatic N) is 2. The Morgan fingerprint density at radius 2 is 1.84 bits per heavy atom. The lowest BCUT2D eigenvalue weighted by Crippen LogP contribution is -2.34. The van der Waals surface area contributed by atoms with Crippen molar-refractivity contribution in [2.24, 2.45) is 0 Å². The van der Waals surface area contributed by atoms with Gasteiger partial charge in [0.15, 0.2) is 0 Å². The summed E-state index contributed by atoms with van der Waals surface area (Å²) in [5.74, 6) is 1.69. The van der Waals surface area contributed by atoms with Crippen LogP contribution < -0.4 is 9.47 Å². The molecule has 1 fully saturated rings. The minimum absolute atomic E-state index is 0.0598. The Kier molecular flexibility index (Phi) is 5.02. The number of methoxy groups -OCH3 is 2. The number of rotatable bonds is 5. The molecule has 2 aromatic rings. The lowest BCUT2D eigenvalue weighted by molar-refractivity contribution is -0.132. The maximum absolute atomic E-state index is 13.0. The minimum Gasteiger partial charge on any atom is -0.497 e. The highest BCUT2D eigenvalue weighted by molar-refractivity contribution is 5.77. The van der Waals surface area contributed by atoms with Crippen molar-refractivity contribution >= 4 is 5.91 Å². The number of aryl methyl sites for hydroxylation is 2. The van der Waals surface area contributed by atoms with Crippen LogP contribution >= 0.6 is 0 Å². The van der Waals surface area contributed by atoms with Crippen molar-refractivity contribution < 1.29 is 14.3 Å². The fraction of sp³-hybridized carbons (Fsp3) is 0.450. The van der Waals surface area contributed by atoms with Gasteiger partial charge in [0, 0.05) is 29.6 Å². The van der Waals surface area contributed by atoms with Crippen LogP contribution in [0.3, 0.4) is 0 Å². The van der Waals surface area contributed by atoms with E-state index in [1.165, 1.54) is 0 Å². The largest absolute Gasteiger partial charge is 0.497 e. The molecule has 0 N–H and O–H groups in total. The van der Waals surface area contributed by atoms with E-state index >= 15 is 0 Å². The second-order valence-corrected chi connectivity index (χ2v) is 6.56. The fourth-order valence-electron chi connectivity index (χ4n) is 3.66. The van der Waals surface area contributed by atoms with Crippen LogP contribution in [-0.2, 0) is 11.3 Å². The smallest absolute Gasteiger partial charge is 0.243 e. The number of carbonyl (C=O) groups is 1. The zero-order chi connectivity index (χ0) is 18.0. The third-order valence-electron chi connectivity index (χ3n) is 5.08. The van der Waals surface area contributed by atoms with Gasteiger partial charge in [0.1, 0.15) is 18.0 Å². The van der Waals surface area contributed by atoms with Gasteiger partial charge >= 0.3 is 0 Å². The standard InChI is InChI=1S/C20H26N2O3/c1-14-7-8-15(2)22(14)13-20(23)21-11-5-6-18(21)17-10-9-16(24-3)12-19(17)25-4/h7-10,12,18H,5-6,11,13H2,1-4H3. The minimum atomic E-state index is 0.0598. The van der Waals surface area contributed by atoms with Crippen LogP contribution in [0, 0.1) is 13.8 Å². The summed E-state index contributed by atoms with van der Waals surface area (Å²) in [6.45, 7) is 5.25. The first kappa shape index (κ1) is 17.4. The Bertz CT molecular complexity index is 747. The normalized spacial score (nSPS) is 17.0. The maximum atomic E-state index is 13.0. The number of carbonyl (C=O) groups excluding carboxylic acids is 1. The molecule has 5 heteroatoms. The number of aromatic nitrogens is 1. The van der Waals surface area contributed by atoms with Crippen LogP contribution in [0.4, 0.5) is 0 Å². The topological polar surface area (TPSA) is 43.7 Å². The summed E-state index contributed by atoms with van der Waals surface area (Å²) in [5.41, 5.74) is 3.28. The Morgan fingerprint density at radius 1 is 1.12 bits per heavy atom. The van der Waals surface area contributed by atoms with E-state index in [0.717, 1.165) is 47.8 Å². The molecule has 1 aromatic carbocycles. The zero-order valence-corrected chi connectivity index (χ0v) is 15.4. The van der Waals surface area contributed by atoms with E-state index in [1.54, 1.807) is 14.2 Å². The van der Waals surface area contributed by atoms with Gasteiger partial charge in [0.25, 0.3) is 0 Å². The van der Waals surface area contributed by atoms with E-state index in [9.17, 15) is 4.79 Å². The fourth-order valence-corrected chi connectivity index (χ4v) is 3.66. The SMILES string of the molecule is COc1ccc(C2CCCN2C(=O)Cn2c(C)ccc2C)c(OC)c1. The second kappa shape index (κ2) is 7.21. The van der Waals surface area contributed by atoms with E-state index in [2.05, 4.69) is 16.7 Å². The molecule has 1 aromatic heterocycles. The molecule has 1 aliphatic heterocycles. The van der Waals surface area contributed by atoms with Crippen LogP contribution in [0.25, 0.3) is 0 Å². The third kappa shape index (κ3) is 3.36. The Labute approximate surface area is 149 Å². The predicted octanol–water partition coefficient (Wildman–Crippen LogP) is 3.49. The van der Waals surface area contributed by atoms with Gasteiger partial charge in [0.2, 0.25) is 5.91 Å². The first-order valence-electron chi connectivity index (χ1n) is 8.69. The van der Waals surface area contributed by atoms with Gasteiger partial charge in [0.05, 0.1) is 20.3 Å². The summed E-state index contributed by atoms with van der Waals surface area (Å²) >= 11 is 0. The van der Waals surface area contributed by atoms with Gasteiger partial charge in [-0.25, -0.2) is 0 Å². The molecule has 25 heavy (non-hydrogen) atoms. The second-order valence-electron chi connectivity index (χ2n) is 6.56. The maximum Gasteiger partial charge on any atom is 0.243 e. The molecule has 1 atom stereocenters. The van der Waals surface area contributed by atoms with Gasteiger partial charge in [-0.05, 0) is 51.0 Å². The Hall–Kier alpha value is -2.43. The molecule has 0 saturated carbocycles. The molecule has 1 aliphatic rings. The summed E-state index contributed by atoms with van der Waals surface area (Å²) in [6, 6.07) is 9.99. The van der Waals surface area contributed by atoms with Crippen LogP contribution in [0.15, 0.2) is 30.3 Å². The number of ether oxygens (including phenoxy) is 2. The van der Waals surface area contributed by atoms with Gasteiger partial charge in [-0.15, -0.1) is 0 Å². The van der Waals surface area contributed by atoms with E-state index < -0.39 is 0 Å². The predicted molar refractivity (Wildman–Crippen MR) is 97.1 cm³/mol. The molecule has 0 spiro atoms. The molecule has 0 bridgehead atoms. The highest BCUT2D eigenvalue weighted by Crippen LogP contribution is 2.38. The van der Waals surface area contributed by atoms with Crippen LogP contribution in [0.5, 0.6) is 11.5 Å². The van der Waals surface area contributed by atoms with E-state index in [4.69, 9.17) is 9.47 Å².